The van der Waals surface area contributed by atoms with Gasteiger partial charge in [0.2, 0.25) is 5.16 Å². The van der Waals surface area contributed by atoms with Gasteiger partial charge in [-0.05, 0) is 12.5 Å². The number of rotatable bonds is 3. The van der Waals surface area contributed by atoms with Crippen molar-refractivity contribution in [1.82, 2.24) is 15.2 Å². The van der Waals surface area contributed by atoms with E-state index in [4.69, 9.17) is 0 Å². The molecule has 78 valence electrons. The lowest BCUT2D eigenvalue weighted by Crippen LogP contribution is -1.98. The summed E-state index contributed by atoms with van der Waals surface area (Å²) < 4.78 is 11.7. The number of H-pyrrole nitrogens is 1. The van der Waals surface area contributed by atoms with Crippen LogP contribution in [0.5, 0.6) is 0 Å². The Kier molecular flexibility index (Phi) is 2.91. The first-order valence-corrected chi connectivity index (χ1v) is 5.87. The molecule has 0 unspecified atom stereocenters. The molecule has 0 saturated carbocycles. The SMILES string of the molecule is Cc1ccc(C[S@@](=O)c2ncn[nH]2)cc1. The minimum absolute atomic E-state index is 0.426. The van der Waals surface area contributed by atoms with Crippen molar-refractivity contribution < 1.29 is 4.21 Å². The number of aromatic amines is 1. The lowest BCUT2D eigenvalue weighted by atomic mass is 10.2. The normalized spacial score (nSPS) is 12.6. The summed E-state index contributed by atoms with van der Waals surface area (Å²) in [4.78, 5) is 3.86. The Balaban J connectivity index is 2.09. The minimum Gasteiger partial charge on any atom is -0.252 e. The highest BCUT2D eigenvalue weighted by atomic mass is 32.2. The molecule has 1 N–H and O–H groups in total. The summed E-state index contributed by atoms with van der Waals surface area (Å²) in [6, 6.07) is 7.97. The molecule has 2 rings (SSSR count). The first kappa shape index (κ1) is 10.0. The van der Waals surface area contributed by atoms with Crippen LogP contribution in [-0.4, -0.2) is 19.4 Å². The zero-order chi connectivity index (χ0) is 10.7. The van der Waals surface area contributed by atoms with E-state index in [0.717, 1.165) is 5.56 Å². The lowest BCUT2D eigenvalue weighted by molar-refractivity contribution is 0.676. The maximum absolute atomic E-state index is 11.7. The number of aromatic nitrogens is 3. The van der Waals surface area contributed by atoms with E-state index in [0.29, 0.717) is 10.9 Å². The molecular weight excluding hydrogens is 210 g/mol. The molecular formula is C10H11N3OS. The summed E-state index contributed by atoms with van der Waals surface area (Å²) in [7, 11) is -1.14. The average Bonchev–Trinajstić information content (AvgIpc) is 2.74. The molecule has 2 aromatic rings. The summed E-state index contributed by atoms with van der Waals surface area (Å²) in [5.74, 6) is 0.468. The molecule has 0 amide bonds. The predicted octanol–water partition coefficient (Wildman–Crippen LogP) is 1.42. The molecule has 5 heteroatoms. The average molecular weight is 221 g/mol. The van der Waals surface area contributed by atoms with Gasteiger partial charge in [-0.15, -0.1) is 0 Å². The van der Waals surface area contributed by atoms with E-state index >= 15 is 0 Å². The van der Waals surface area contributed by atoms with Crippen LogP contribution in [0.4, 0.5) is 0 Å². The van der Waals surface area contributed by atoms with E-state index in [-0.39, 0.29) is 0 Å². The van der Waals surface area contributed by atoms with Crippen LogP contribution in [0.2, 0.25) is 0 Å². The number of benzene rings is 1. The van der Waals surface area contributed by atoms with Crippen LogP contribution in [0.15, 0.2) is 35.7 Å². The van der Waals surface area contributed by atoms with Crippen molar-refractivity contribution in [3.05, 3.63) is 41.7 Å². The van der Waals surface area contributed by atoms with E-state index in [2.05, 4.69) is 15.2 Å². The van der Waals surface area contributed by atoms with Crippen molar-refractivity contribution >= 4 is 10.8 Å². The van der Waals surface area contributed by atoms with Crippen molar-refractivity contribution in [2.75, 3.05) is 0 Å². The second-order valence-electron chi connectivity index (χ2n) is 3.27. The minimum atomic E-state index is -1.14. The molecule has 0 spiro atoms. The molecule has 1 aromatic carbocycles. The van der Waals surface area contributed by atoms with Gasteiger partial charge >= 0.3 is 0 Å². The predicted molar refractivity (Wildman–Crippen MR) is 57.7 cm³/mol. The van der Waals surface area contributed by atoms with E-state index < -0.39 is 10.8 Å². The number of hydrogen-bond donors (Lipinski definition) is 1. The van der Waals surface area contributed by atoms with Gasteiger partial charge in [0.05, 0.1) is 16.6 Å². The summed E-state index contributed by atoms with van der Waals surface area (Å²) >= 11 is 0. The van der Waals surface area contributed by atoms with Crippen molar-refractivity contribution in [1.29, 1.82) is 0 Å². The highest BCUT2D eigenvalue weighted by Gasteiger charge is 2.07. The van der Waals surface area contributed by atoms with Gasteiger partial charge in [0.1, 0.15) is 6.33 Å². The number of aryl methyl sites for hydroxylation is 1. The van der Waals surface area contributed by atoms with Crippen LogP contribution in [0.1, 0.15) is 11.1 Å². The zero-order valence-electron chi connectivity index (χ0n) is 8.30. The summed E-state index contributed by atoms with van der Waals surface area (Å²) in [5, 5.41) is 6.70. The van der Waals surface area contributed by atoms with E-state index in [9.17, 15) is 4.21 Å². The molecule has 0 aliphatic carbocycles. The standard InChI is InChI=1S/C10H11N3OS/c1-8-2-4-9(5-3-8)6-15(14)10-11-7-12-13-10/h2-5,7H,6H2,1H3,(H,11,12,13)/t15-/m1/s1. The Morgan fingerprint density at radius 1 is 1.33 bits per heavy atom. The van der Waals surface area contributed by atoms with Gasteiger partial charge in [0, 0.05) is 0 Å². The van der Waals surface area contributed by atoms with E-state index in [1.165, 1.54) is 11.9 Å². The summed E-state index contributed by atoms with van der Waals surface area (Å²) in [6.07, 6.45) is 1.36. The molecule has 0 aliphatic rings. The molecule has 1 atom stereocenters. The Hall–Kier alpha value is -1.49. The second kappa shape index (κ2) is 4.35. The summed E-state index contributed by atoms with van der Waals surface area (Å²) in [5.41, 5.74) is 2.24. The topological polar surface area (TPSA) is 58.6 Å². The van der Waals surface area contributed by atoms with E-state index in [1.54, 1.807) is 0 Å². The fourth-order valence-electron chi connectivity index (χ4n) is 1.21. The smallest absolute Gasteiger partial charge is 0.214 e. The Labute approximate surface area is 90.2 Å². The Morgan fingerprint density at radius 2 is 2.07 bits per heavy atom. The first-order valence-electron chi connectivity index (χ1n) is 4.55. The highest BCUT2D eigenvalue weighted by Crippen LogP contribution is 2.08. The second-order valence-corrected chi connectivity index (χ2v) is 4.63. The van der Waals surface area contributed by atoms with Crippen molar-refractivity contribution in [3.8, 4) is 0 Å². The van der Waals surface area contributed by atoms with Gasteiger partial charge in [-0.1, -0.05) is 29.8 Å². The van der Waals surface area contributed by atoms with Crippen LogP contribution >= 0.6 is 0 Å². The molecule has 0 radical (unpaired) electrons. The number of hydrogen-bond acceptors (Lipinski definition) is 3. The van der Waals surface area contributed by atoms with Gasteiger partial charge in [-0.3, -0.25) is 9.31 Å². The quantitative estimate of drug-likeness (QED) is 0.852. The number of nitrogens with zero attached hydrogens (tertiary/aromatic N) is 2. The molecule has 0 saturated heterocycles. The third-order valence-corrected chi connectivity index (χ3v) is 3.25. The molecule has 4 nitrogen and oxygen atoms in total. The zero-order valence-corrected chi connectivity index (χ0v) is 9.12. The van der Waals surface area contributed by atoms with Crippen LogP contribution in [0, 0.1) is 6.92 Å². The van der Waals surface area contributed by atoms with Gasteiger partial charge in [0.15, 0.2) is 0 Å². The molecule has 0 aliphatic heterocycles. The molecule has 0 bridgehead atoms. The van der Waals surface area contributed by atoms with Crippen LogP contribution < -0.4 is 0 Å². The van der Waals surface area contributed by atoms with Gasteiger partial charge in [-0.25, -0.2) is 4.98 Å². The van der Waals surface area contributed by atoms with Crippen molar-refractivity contribution in [3.63, 3.8) is 0 Å². The lowest BCUT2D eigenvalue weighted by Gasteiger charge is -1.99. The number of nitrogens with one attached hydrogen (secondary N) is 1. The molecule has 1 heterocycles. The third kappa shape index (κ3) is 2.50. The molecule has 15 heavy (non-hydrogen) atoms. The molecule has 0 fully saturated rings. The fraction of sp³-hybridized carbons (Fsp3) is 0.200. The maximum Gasteiger partial charge on any atom is 0.214 e. The van der Waals surface area contributed by atoms with Crippen molar-refractivity contribution in [2.45, 2.75) is 17.8 Å². The monoisotopic (exact) mass is 221 g/mol. The van der Waals surface area contributed by atoms with E-state index in [1.807, 2.05) is 31.2 Å². The largest absolute Gasteiger partial charge is 0.252 e. The summed E-state index contributed by atoms with van der Waals surface area (Å²) in [6.45, 7) is 2.02. The van der Waals surface area contributed by atoms with Gasteiger partial charge in [-0.2, -0.15) is 5.10 Å². The third-order valence-electron chi connectivity index (χ3n) is 2.03. The van der Waals surface area contributed by atoms with Crippen molar-refractivity contribution in [2.24, 2.45) is 0 Å². The Morgan fingerprint density at radius 3 is 2.67 bits per heavy atom. The van der Waals surface area contributed by atoms with Gasteiger partial charge in [0.25, 0.3) is 0 Å². The van der Waals surface area contributed by atoms with Crippen LogP contribution in [0.25, 0.3) is 0 Å². The fourth-order valence-corrected chi connectivity index (χ4v) is 2.16. The van der Waals surface area contributed by atoms with Crippen LogP contribution in [0.3, 0.4) is 0 Å². The first-order chi connectivity index (χ1) is 7.25. The maximum atomic E-state index is 11.7. The molecule has 1 aromatic heterocycles. The van der Waals surface area contributed by atoms with Gasteiger partial charge < -0.3 is 0 Å². The van der Waals surface area contributed by atoms with Crippen LogP contribution in [-0.2, 0) is 16.6 Å². The Bertz CT molecular complexity index is 450. The highest BCUT2D eigenvalue weighted by molar-refractivity contribution is 7.84.